The van der Waals surface area contributed by atoms with Gasteiger partial charge in [-0.3, -0.25) is 14.4 Å². The summed E-state index contributed by atoms with van der Waals surface area (Å²) in [5.74, 6) is -1.22. The molecule has 0 radical (unpaired) electrons. The lowest BCUT2D eigenvalue weighted by Crippen LogP contribution is -2.34. The lowest BCUT2D eigenvalue weighted by molar-refractivity contribution is -0.118. The second-order valence-electron chi connectivity index (χ2n) is 7.91. The largest absolute Gasteiger partial charge is 0.355 e. The summed E-state index contributed by atoms with van der Waals surface area (Å²) in [6, 6.07) is 10.7. The SMILES string of the molecule is CNC(=O)/C(=C(/C(=O)c1cc(C)cc(CCC#N)c1)N(C=O)Cc1ccnc(Cl)c1)C(C)C. The molecule has 2 aromatic rings. The van der Waals surface area contributed by atoms with Crippen molar-refractivity contribution in [2.75, 3.05) is 7.05 Å². The van der Waals surface area contributed by atoms with Crippen molar-refractivity contribution in [2.45, 2.75) is 40.2 Å². The Morgan fingerprint density at radius 3 is 2.55 bits per heavy atom. The molecule has 1 heterocycles. The maximum Gasteiger partial charge on any atom is 0.249 e. The van der Waals surface area contributed by atoms with Crippen molar-refractivity contribution in [1.82, 2.24) is 15.2 Å². The Hall–Kier alpha value is -3.50. The maximum atomic E-state index is 13.8. The average Bonchev–Trinajstić information content (AvgIpc) is 2.78. The van der Waals surface area contributed by atoms with E-state index in [0.29, 0.717) is 30.4 Å². The van der Waals surface area contributed by atoms with Crippen LogP contribution in [0.2, 0.25) is 5.15 Å². The molecule has 0 saturated carbocycles. The Labute approximate surface area is 199 Å². The third kappa shape index (κ3) is 6.74. The minimum Gasteiger partial charge on any atom is -0.355 e. The van der Waals surface area contributed by atoms with Gasteiger partial charge in [-0.15, -0.1) is 0 Å². The second kappa shape index (κ2) is 11.9. The monoisotopic (exact) mass is 466 g/mol. The van der Waals surface area contributed by atoms with Gasteiger partial charge in [-0.05, 0) is 54.7 Å². The number of hydrogen-bond acceptors (Lipinski definition) is 5. The number of amides is 2. The molecule has 0 unspecified atom stereocenters. The van der Waals surface area contributed by atoms with Crippen LogP contribution in [0.4, 0.5) is 0 Å². The third-order valence-corrected chi connectivity index (χ3v) is 5.21. The molecule has 0 spiro atoms. The number of ketones is 1. The zero-order chi connectivity index (χ0) is 24.5. The van der Waals surface area contributed by atoms with Gasteiger partial charge in [0.2, 0.25) is 18.1 Å². The fourth-order valence-corrected chi connectivity index (χ4v) is 3.76. The van der Waals surface area contributed by atoms with E-state index in [-0.39, 0.29) is 28.9 Å². The Morgan fingerprint density at radius 1 is 1.24 bits per heavy atom. The summed E-state index contributed by atoms with van der Waals surface area (Å²) in [7, 11) is 1.48. The third-order valence-electron chi connectivity index (χ3n) is 5.00. The van der Waals surface area contributed by atoms with Crippen molar-refractivity contribution >= 4 is 29.7 Å². The van der Waals surface area contributed by atoms with Crippen LogP contribution in [0.25, 0.3) is 0 Å². The standard InChI is InChI=1S/C25H27ClN4O3/c1-16(2)22(25(33)28-4)23(30(15-31)14-19-7-9-29-21(26)13-19)24(32)20-11-17(3)10-18(12-20)6-5-8-27/h7,9-13,15-16H,5-6,14H2,1-4H3,(H,28,33)/b23-22-. The van der Waals surface area contributed by atoms with E-state index in [9.17, 15) is 14.4 Å². The highest BCUT2D eigenvalue weighted by Gasteiger charge is 2.29. The number of Topliss-reactive ketones (excluding diaryl/α,β-unsaturated/α-hetero) is 1. The van der Waals surface area contributed by atoms with Crippen molar-refractivity contribution in [1.29, 1.82) is 5.26 Å². The number of nitriles is 1. The van der Waals surface area contributed by atoms with Crippen molar-refractivity contribution in [3.05, 3.63) is 75.2 Å². The number of rotatable bonds is 10. The van der Waals surface area contributed by atoms with E-state index < -0.39 is 11.7 Å². The van der Waals surface area contributed by atoms with Crippen LogP contribution in [0.1, 0.15) is 47.3 Å². The molecule has 1 N–H and O–H groups in total. The van der Waals surface area contributed by atoms with Crippen LogP contribution in [0.3, 0.4) is 0 Å². The number of halogens is 1. The van der Waals surface area contributed by atoms with E-state index in [1.54, 1.807) is 38.1 Å². The number of carbonyl (C=O) groups is 3. The van der Waals surface area contributed by atoms with Gasteiger partial charge < -0.3 is 10.2 Å². The molecule has 33 heavy (non-hydrogen) atoms. The van der Waals surface area contributed by atoms with E-state index in [0.717, 1.165) is 11.1 Å². The smallest absolute Gasteiger partial charge is 0.249 e. The molecule has 2 amide bonds. The molecule has 172 valence electrons. The number of benzene rings is 1. The molecule has 0 aliphatic carbocycles. The molecule has 1 aromatic heterocycles. The molecule has 0 fully saturated rings. The van der Waals surface area contributed by atoms with Gasteiger partial charge in [-0.2, -0.15) is 5.26 Å². The molecular formula is C25H27ClN4O3. The van der Waals surface area contributed by atoms with Gasteiger partial charge in [-0.1, -0.05) is 37.1 Å². The van der Waals surface area contributed by atoms with Gasteiger partial charge >= 0.3 is 0 Å². The first-order valence-corrected chi connectivity index (χ1v) is 10.9. The quantitative estimate of drug-likeness (QED) is 0.247. The van der Waals surface area contributed by atoms with Crippen molar-refractivity contribution in [3.63, 3.8) is 0 Å². The molecule has 0 saturated heterocycles. The fourth-order valence-electron chi connectivity index (χ4n) is 3.57. The number of nitrogens with zero attached hydrogens (tertiary/aromatic N) is 3. The summed E-state index contributed by atoms with van der Waals surface area (Å²) in [5.41, 5.74) is 2.89. The second-order valence-corrected chi connectivity index (χ2v) is 8.30. The van der Waals surface area contributed by atoms with E-state index in [4.69, 9.17) is 16.9 Å². The van der Waals surface area contributed by atoms with Crippen molar-refractivity contribution < 1.29 is 14.4 Å². The number of pyridine rings is 1. The Kier molecular flexibility index (Phi) is 9.31. The van der Waals surface area contributed by atoms with Crippen LogP contribution in [-0.2, 0) is 22.6 Å². The predicted molar refractivity (Wildman–Crippen MR) is 126 cm³/mol. The fraction of sp³-hybridized carbons (Fsp3) is 0.320. The van der Waals surface area contributed by atoms with Crippen LogP contribution >= 0.6 is 11.6 Å². The van der Waals surface area contributed by atoms with Crippen LogP contribution in [0.5, 0.6) is 0 Å². The van der Waals surface area contributed by atoms with Crippen molar-refractivity contribution in [3.8, 4) is 6.07 Å². The van der Waals surface area contributed by atoms with Gasteiger partial charge in [0, 0.05) is 30.8 Å². The zero-order valence-corrected chi connectivity index (χ0v) is 19.9. The van der Waals surface area contributed by atoms with E-state index >= 15 is 0 Å². The number of nitrogens with one attached hydrogen (secondary N) is 1. The molecule has 8 heteroatoms. The van der Waals surface area contributed by atoms with Crippen LogP contribution in [0.15, 0.2) is 47.8 Å². The van der Waals surface area contributed by atoms with Crippen LogP contribution in [-0.4, -0.2) is 35.0 Å². The highest BCUT2D eigenvalue weighted by Crippen LogP contribution is 2.25. The molecule has 7 nitrogen and oxygen atoms in total. The number of hydrogen-bond donors (Lipinski definition) is 1. The van der Waals surface area contributed by atoms with Gasteiger partial charge in [0.25, 0.3) is 0 Å². The summed E-state index contributed by atoms with van der Waals surface area (Å²) in [6.45, 7) is 5.47. The normalized spacial score (nSPS) is 11.4. The first kappa shape index (κ1) is 25.8. The predicted octanol–water partition coefficient (Wildman–Crippen LogP) is 4.00. The molecule has 0 bridgehead atoms. The van der Waals surface area contributed by atoms with Gasteiger partial charge in [0.1, 0.15) is 10.9 Å². The first-order chi connectivity index (χ1) is 15.7. The van der Waals surface area contributed by atoms with Crippen LogP contribution < -0.4 is 5.32 Å². The minimum absolute atomic E-state index is 0.00381. The Balaban J connectivity index is 2.68. The highest BCUT2D eigenvalue weighted by atomic mass is 35.5. The van der Waals surface area contributed by atoms with Crippen molar-refractivity contribution in [2.24, 2.45) is 5.92 Å². The molecular weight excluding hydrogens is 440 g/mol. The maximum absolute atomic E-state index is 13.8. The highest BCUT2D eigenvalue weighted by molar-refractivity contribution is 6.29. The summed E-state index contributed by atoms with van der Waals surface area (Å²) in [5, 5.41) is 11.8. The van der Waals surface area contributed by atoms with Gasteiger partial charge in [0.05, 0.1) is 12.6 Å². The Bertz CT molecular complexity index is 1120. The minimum atomic E-state index is -0.448. The number of carbonyl (C=O) groups excluding carboxylic acids is 3. The Morgan fingerprint density at radius 2 is 1.97 bits per heavy atom. The van der Waals surface area contributed by atoms with Gasteiger partial charge in [-0.25, -0.2) is 4.98 Å². The molecule has 1 aromatic carbocycles. The molecule has 0 atom stereocenters. The number of likely N-dealkylation sites (N-methyl/N-ethyl adjacent to an activating group) is 1. The molecule has 2 rings (SSSR count). The average molecular weight is 467 g/mol. The van der Waals surface area contributed by atoms with Crippen LogP contribution in [0, 0.1) is 24.2 Å². The number of allylic oxidation sites excluding steroid dienone is 1. The number of aromatic nitrogens is 1. The first-order valence-electron chi connectivity index (χ1n) is 10.5. The van der Waals surface area contributed by atoms with E-state index in [2.05, 4.69) is 16.4 Å². The van der Waals surface area contributed by atoms with E-state index in [1.165, 1.54) is 18.1 Å². The summed E-state index contributed by atoms with van der Waals surface area (Å²) in [6.07, 6.45) is 2.87. The number of aryl methyl sites for hydroxylation is 2. The van der Waals surface area contributed by atoms with E-state index in [1.807, 2.05) is 13.0 Å². The van der Waals surface area contributed by atoms with Gasteiger partial charge in [0.15, 0.2) is 0 Å². The lowest BCUT2D eigenvalue weighted by Gasteiger charge is -2.25. The molecule has 0 aliphatic heterocycles. The summed E-state index contributed by atoms with van der Waals surface area (Å²) >= 11 is 5.99. The zero-order valence-electron chi connectivity index (χ0n) is 19.2. The summed E-state index contributed by atoms with van der Waals surface area (Å²) in [4.78, 5) is 44.0. The lowest BCUT2D eigenvalue weighted by atomic mass is 9.92. The summed E-state index contributed by atoms with van der Waals surface area (Å²) < 4.78 is 0. The topological polar surface area (TPSA) is 103 Å². The molecule has 0 aliphatic rings.